The number of fused-ring (bicyclic) bond motifs is 1. The average Bonchev–Trinajstić information content (AvgIpc) is 3.58. The van der Waals surface area contributed by atoms with Crippen LogP contribution in [0.5, 0.6) is 5.75 Å². The lowest BCUT2D eigenvalue weighted by molar-refractivity contribution is -0.117. The molecule has 2 fully saturated rings. The van der Waals surface area contributed by atoms with Crippen LogP contribution in [0.25, 0.3) is 22.2 Å². The van der Waals surface area contributed by atoms with E-state index in [1.807, 2.05) is 48.7 Å². The van der Waals surface area contributed by atoms with E-state index in [9.17, 15) is 4.79 Å². The number of hydrogen-bond donors (Lipinski definition) is 0. The van der Waals surface area contributed by atoms with Crippen LogP contribution in [0.15, 0.2) is 40.9 Å². The van der Waals surface area contributed by atoms with Crippen molar-refractivity contribution < 1.29 is 14.1 Å². The SMILES string of the molecule is COc1ccc(N2C(=O)CC[C@H]2c2nc3cc(-c4c(C)noc4C)ccc3n2C2CCCSC2)cc1Cl. The first kappa shape index (κ1) is 24.4. The molecule has 2 atom stereocenters. The van der Waals surface area contributed by atoms with Gasteiger partial charge in [0.2, 0.25) is 5.91 Å². The summed E-state index contributed by atoms with van der Waals surface area (Å²) in [5.74, 6) is 4.64. The molecule has 0 bridgehead atoms. The zero-order valence-electron chi connectivity index (χ0n) is 21.2. The quantitative estimate of drug-likeness (QED) is 0.276. The van der Waals surface area contributed by atoms with Crippen LogP contribution in [0.3, 0.4) is 0 Å². The van der Waals surface area contributed by atoms with Crippen molar-refractivity contribution in [1.82, 2.24) is 14.7 Å². The second-order valence-electron chi connectivity index (χ2n) is 9.75. The molecule has 2 aliphatic heterocycles. The lowest BCUT2D eigenvalue weighted by Crippen LogP contribution is -2.30. The van der Waals surface area contributed by atoms with Gasteiger partial charge in [-0.05, 0) is 74.8 Å². The Balaban J connectivity index is 1.49. The Kier molecular flexibility index (Phi) is 6.41. The topological polar surface area (TPSA) is 73.4 Å². The van der Waals surface area contributed by atoms with Crippen molar-refractivity contribution in [2.75, 3.05) is 23.5 Å². The van der Waals surface area contributed by atoms with E-state index < -0.39 is 0 Å². The first-order valence-electron chi connectivity index (χ1n) is 12.6. The highest BCUT2D eigenvalue weighted by atomic mass is 35.5. The van der Waals surface area contributed by atoms with Gasteiger partial charge >= 0.3 is 0 Å². The number of halogens is 1. The van der Waals surface area contributed by atoms with Gasteiger partial charge in [0.15, 0.2) is 0 Å². The number of amides is 1. The Morgan fingerprint density at radius 1 is 1.16 bits per heavy atom. The predicted octanol–water partition coefficient (Wildman–Crippen LogP) is 6.91. The molecule has 0 N–H and O–H groups in total. The van der Waals surface area contributed by atoms with Gasteiger partial charge in [-0.1, -0.05) is 22.8 Å². The van der Waals surface area contributed by atoms with Crippen molar-refractivity contribution in [2.45, 2.75) is 51.6 Å². The van der Waals surface area contributed by atoms with E-state index in [2.05, 4.69) is 27.9 Å². The summed E-state index contributed by atoms with van der Waals surface area (Å²) < 4.78 is 13.2. The number of carbonyl (C=O) groups is 1. The Morgan fingerprint density at radius 3 is 2.73 bits per heavy atom. The van der Waals surface area contributed by atoms with Crippen molar-refractivity contribution in [3.63, 3.8) is 0 Å². The number of carbonyl (C=O) groups excluding carboxylic acids is 1. The molecule has 1 amide bonds. The maximum absolute atomic E-state index is 13.2. The number of benzene rings is 2. The van der Waals surface area contributed by atoms with Crippen molar-refractivity contribution in [3.8, 4) is 16.9 Å². The summed E-state index contributed by atoms with van der Waals surface area (Å²) in [6, 6.07) is 12.1. The molecule has 2 aliphatic rings. The number of anilines is 1. The molecule has 6 rings (SSSR count). The molecule has 0 radical (unpaired) electrons. The highest BCUT2D eigenvalue weighted by Gasteiger charge is 2.38. The molecule has 4 heterocycles. The lowest BCUT2D eigenvalue weighted by Gasteiger charge is -2.30. The van der Waals surface area contributed by atoms with Crippen LogP contribution in [-0.2, 0) is 4.79 Å². The van der Waals surface area contributed by atoms with Crippen molar-refractivity contribution >= 4 is 46.0 Å². The first-order chi connectivity index (χ1) is 18.0. The standard InChI is InChI=1S/C28H29ClN4O3S/c1-16-27(17(2)36-31-16)18-6-8-23-22(13-18)30-28(33(23)20-5-4-12-37-15-20)24-9-11-26(34)32(24)19-7-10-25(35-3)21(29)14-19/h6-8,10,13-14,20,24H,4-5,9,11-12,15H2,1-3H3/t20?,24-/m0/s1. The molecule has 0 saturated carbocycles. The number of hydrogen-bond acceptors (Lipinski definition) is 6. The second kappa shape index (κ2) is 9.72. The summed E-state index contributed by atoms with van der Waals surface area (Å²) in [6.45, 7) is 3.89. The maximum atomic E-state index is 13.2. The Hall–Kier alpha value is -2.97. The number of rotatable bonds is 5. The van der Waals surface area contributed by atoms with Gasteiger partial charge in [-0.3, -0.25) is 4.79 Å². The van der Waals surface area contributed by atoms with E-state index in [1.165, 1.54) is 12.2 Å². The smallest absolute Gasteiger partial charge is 0.227 e. The molecule has 2 saturated heterocycles. The Bertz CT molecular complexity index is 1470. The summed E-state index contributed by atoms with van der Waals surface area (Å²) in [5.41, 5.74) is 5.71. The van der Waals surface area contributed by atoms with Gasteiger partial charge in [-0.2, -0.15) is 11.8 Å². The summed E-state index contributed by atoms with van der Waals surface area (Å²) in [7, 11) is 1.59. The second-order valence-corrected chi connectivity index (χ2v) is 11.3. The Morgan fingerprint density at radius 2 is 2.03 bits per heavy atom. The van der Waals surface area contributed by atoms with Gasteiger partial charge in [0.1, 0.15) is 17.3 Å². The number of aromatic nitrogens is 3. The van der Waals surface area contributed by atoms with Crippen LogP contribution in [0.1, 0.15) is 55.0 Å². The number of ether oxygens (including phenoxy) is 1. The van der Waals surface area contributed by atoms with Gasteiger partial charge in [-0.15, -0.1) is 0 Å². The number of imidazole rings is 1. The van der Waals surface area contributed by atoms with Crippen LogP contribution < -0.4 is 9.64 Å². The van der Waals surface area contributed by atoms with Gasteiger partial charge in [0.05, 0.1) is 34.9 Å². The minimum Gasteiger partial charge on any atom is -0.495 e. The van der Waals surface area contributed by atoms with Crippen LogP contribution in [0.2, 0.25) is 5.02 Å². The molecule has 192 valence electrons. The monoisotopic (exact) mass is 536 g/mol. The third kappa shape index (κ3) is 4.20. The third-order valence-corrected chi connectivity index (χ3v) is 8.96. The number of aryl methyl sites for hydroxylation is 2. The van der Waals surface area contributed by atoms with E-state index >= 15 is 0 Å². The summed E-state index contributed by atoms with van der Waals surface area (Å²) >= 11 is 8.45. The summed E-state index contributed by atoms with van der Waals surface area (Å²) in [4.78, 5) is 20.3. The fourth-order valence-corrected chi connectivity index (χ4v) is 7.15. The molecular formula is C28H29ClN4O3S. The molecule has 2 aromatic carbocycles. The number of nitrogens with zero attached hydrogens (tertiary/aromatic N) is 4. The first-order valence-corrected chi connectivity index (χ1v) is 14.2. The molecule has 9 heteroatoms. The molecule has 1 unspecified atom stereocenters. The van der Waals surface area contributed by atoms with Crippen LogP contribution in [0.4, 0.5) is 5.69 Å². The van der Waals surface area contributed by atoms with Gasteiger partial charge in [-0.25, -0.2) is 4.98 Å². The Labute approximate surface area is 225 Å². The zero-order chi connectivity index (χ0) is 25.7. The fourth-order valence-electron chi connectivity index (χ4n) is 5.77. The molecule has 0 aliphatic carbocycles. The zero-order valence-corrected chi connectivity index (χ0v) is 22.7. The van der Waals surface area contributed by atoms with E-state index in [0.717, 1.165) is 57.3 Å². The summed E-state index contributed by atoms with van der Waals surface area (Å²) in [5, 5.41) is 4.62. The maximum Gasteiger partial charge on any atom is 0.227 e. The molecule has 4 aromatic rings. The van der Waals surface area contributed by atoms with Crippen molar-refractivity contribution in [1.29, 1.82) is 0 Å². The van der Waals surface area contributed by atoms with Gasteiger partial charge < -0.3 is 18.7 Å². The van der Waals surface area contributed by atoms with Gasteiger partial charge in [0, 0.05) is 29.5 Å². The molecule has 2 aromatic heterocycles. The van der Waals surface area contributed by atoms with Crippen molar-refractivity contribution in [3.05, 3.63) is 58.7 Å². The molecule has 7 nitrogen and oxygen atoms in total. The van der Waals surface area contributed by atoms with Crippen molar-refractivity contribution in [2.24, 2.45) is 0 Å². The van der Waals surface area contributed by atoms with E-state index in [0.29, 0.717) is 29.7 Å². The molecule has 0 spiro atoms. The highest BCUT2D eigenvalue weighted by molar-refractivity contribution is 7.99. The molecule has 37 heavy (non-hydrogen) atoms. The number of methoxy groups -OCH3 is 1. The minimum absolute atomic E-state index is 0.0827. The van der Waals surface area contributed by atoms with Crippen LogP contribution in [-0.4, -0.2) is 39.2 Å². The van der Waals surface area contributed by atoms with Gasteiger partial charge in [0.25, 0.3) is 0 Å². The van der Waals surface area contributed by atoms with E-state index in [-0.39, 0.29) is 11.9 Å². The minimum atomic E-state index is -0.168. The summed E-state index contributed by atoms with van der Waals surface area (Å²) in [6.07, 6.45) is 3.46. The molecular weight excluding hydrogens is 508 g/mol. The third-order valence-electron chi connectivity index (χ3n) is 7.46. The van der Waals surface area contributed by atoms with E-state index in [4.69, 9.17) is 25.8 Å². The predicted molar refractivity (Wildman–Crippen MR) is 148 cm³/mol. The normalized spacial score (nSPS) is 20.2. The lowest BCUT2D eigenvalue weighted by atomic mass is 10.0. The highest BCUT2D eigenvalue weighted by Crippen LogP contribution is 2.43. The van der Waals surface area contributed by atoms with Crippen LogP contribution >= 0.6 is 23.4 Å². The van der Waals surface area contributed by atoms with Crippen LogP contribution in [0, 0.1) is 13.8 Å². The van der Waals surface area contributed by atoms with E-state index in [1.54, 1.807) is 7.11 Å². The largest absolute Gasteiger partial charge is 0.495 e. The number of thioether (sulfide) groups is 1. The average molecular weight is 537 g/mol. The fraction of sp³-hybridized carbons (Fsp3) is 0.393.